The number of carbonyl (C=O) groups is 2. The molecule has 6 nitrogen and oxygen atoms in total. The van der Waals surface area contributed by atoms with Crippen molar-refractivity contribution in [3.8, 4) is 0 Å². The molecule has 1 saturated heterocycles. The van der Waals surface area contributed by atoms with E-state index in [1.165, 1.54) is 0 Å². The largest absolute Gasteiger partial charge is 0.394 e. The predicted octanol–water partition coefficient (Wildman–Crippen LogP) is -1.80. The number of hydrogen-bond acceptors (Lipinski definition) is 6. The van der Waals surface area contributed by atoms with Gasteiger partial charge in [0.05, 0.1) is 19.6 Å². The molecule has 0 spiro atoms. The van der Waals surface area contributed by atoms with E-state index in [-0.39, 0.29) is 13.0 Å². The molecular weight excluding hydrogens is 180 g/mol. The molecule has 0 saturated carbocycles. The first-order valence-electron chi connectivity index (χ1n) is 3.78. The predicted molar refractivity (Wildman–Crippen MR) is 38.5 cm³/mol. The lowest BCUT2D eigenvalue weighted by atomic mass is 10.3. The van der Waals surface area contributed by atoms with E-state index in [1.807, 2.05) is 0 Å². The molecule has 0 radical (unpaired) electrons. The average Bonchev–Trinajstić information content (AvgIpc) is 2.41. The number of carbonyl (C=O) groups excluding carboxylic acids is 2. The maximum Gasteiger partial charge on any atom is 0.343 e. The van der Waals surface area contributed by atoms with Gasteiger partial charge in [-0.3, -0.25) is 4.79 Å². The third kappa shape index (κ3) is 2.76. The summed E-state index contributed by atoms with van der Waals surface area (Å²) in [5.74, 6) is -1.37. The molecule has 0 aromatic heterocycles. The molecule has 2 unspecified atom stereocenters. The second kappa shape index (κ2) is 4.31. The normalized spacial score (nSPS) is 24.6. The van der Waals surface area contributed by atoms with E-state index in [0.29, 0.717) is 0 Å². The molecule has 0 aliphatic carbocycles. The molecule has 1 rings (SSSR count). The van der Waals surface area contributed by atoms with Crippen LogP contribution in [0.3, 0.4) is 0 Å². The number of ether oxygens (including phenoxy) is 2. The van der Waals surface area contributed by atoms with E-state index in [1.54, 1.807) is 0 Å². The van der Waals surface area contributed by atoms with Crippen LogP contribution in [0.5, 0.6) is 0 Å². The maximum atomic E-state index is 10.8. The van der Waals surface area contributed by atoms with Crippen molar-refractivity contribution in [1.29, 1.82) is 0 Å². The molecule has 0 aromatic carbocycles. The van der Waals surface area contributed by atoms with Crippen LogP contribution in [0.2, 0.25) is 0 Å². The first kappa shape index (κ1) is 10.1. The van der Waals surface area contributed by atoms with Gasteiger partial charge in [-0.25, -0.2) is 4.79 Å². The van der Waals surface area contributed by atoms with Gasteiger partial charge < -0.3 is 19.7 Å². The van der Waals surface area contributed by atoms with Gasteiger partial charge in [-0.15, -0.1) is 0 Å². The van der Waals surface area contributed by atoms with E-state index in [9.17, 15) is 9.59 Å². The molecule has 74 valence electrons. The van der Waals surface area contributed by atoms with Gasteiger partial charge in [0.2, 0.25) is 0 Å². The zero-order valence-corrected chi connectivity index (χ0v) is 6.80. The van der Waals surface area contributed by atoms with Gasteiger partial charge in [0.25, 0.3) is 0 Å². The average molecular weight is 190 g/mol. The number of aliphatic hydroxyl groups is 2. The summed E-state index contributed by atoms with van der Waals surface area (Å²) >= 11 is 0. The molecule has 0 aromatic rings. The minimum absolute atomic E-state index is 0.128. The Balaban J connectivity index is 2.29. The number of cyclic esters (lactones) is 2. The third-order valence-corrected chi connectivity index (χ3v) is 1.53. The van der Waals surface area contributed by atoms with Crippen LogP contribution in [0.15, 0.2) is 0 Å². The van der Waals surface area contributed by atoms with E-state index < -0.39 is 30.8 Å². The summed E-state index contributed by atoms with van der Waals surface area (Å²) in [7, 11) is 0. The molecule has 0 bridgehead atoms. The highest BCUT2D eigenvalue weighted by Crippen LogP contribution is 2.11. The Kier molecular flexibility index (Phi) is 3.35. The van der Waals surface area contributed by atoms with Crippen molar-refractivity contribution in [2.45, 2.75) is 18.6 Å². The smallest absolute Gasteiger partial charge is 0.343 e. The second-order valence-electron chi connectivity index (χ2n) is 2.66. The third-order valence-electron chi connectivity index (χ3n) is 1.53. The molecule has 13 heavy (non-hydrogen) atoms. The Bertz CT molecular complexity index is 213. The van der Waals surface area contributed by atoms with Crippen molar-refractivity contribution >= 4 is 11.9 Å². The topological polar surface area (TPSA) is 93.1 Å². The van der Waals surface area contributed by atoms with Crippen LogP contribution < -0.4 is 0 Å². The molecule has 1 heterocycles. The van der Waals surface area contributed by atoms with Gasteiger partial charge in [-0.1, -0.05) is 0 Å². The molecule has 0 amide bonds. The monoisotopic (exact) mass is 190 g/mol. The van der Waals surface area contributed by atoms with Gasteiger partial charge in [-0.05, 0) is 0 Å². The van der Waals surface area contributed by atoms with Gasteiger partial charge in [-0.2, -0.15) is 0 Å². The van der Waals surface area contributed by atoms with E-state index in [2.05, 4.69) is 4.74 Å². The van der Waals surface area contributed by atoms with E-state index in [4.69, 9.17) is 14.9 Å². The van der Waals surface area contributed by atoms with Crippen molar-refractivity contribution < 1.29 is 29.3 Å². The SMILES string of the molecule is O=C1CC(OCC(O)CO)C(=O)O1. The van der Waals surface area contributed by atoms with Crippen LogP contribution in [0.1, 0.15) is 6.42 Å². The Morgan fingerprint density at radius 2 is 2.31 bits per heavy atom. The Morgan fingerprint density at radius 3 is 2.77 bits per heavy atom. The van der Waals surface area contributed by atoms with Crippen LogP contribution in [-0.4, -0.2) is 47.6 Å². The molecule has 1 aliphatic rings. The number of rotatable bonds is 4. The minimum Gasteiger partial charge on any atom is -0.394 e. The molecule has 6 heteroatoms. The number of aliphatic hydroxyl groups excluding tert-OH is 2. The van der Waals surface area contributed by atoms with Crippen LogP contribution >= 0.6 is 0 Å². The van der Waals surface area contributed by atoms with Crippen LogP contribution in [-0.2, 0) is 19.1 Å². The highest BCUT2D eigenvalue weighted by Gasteiger charge is 2.34. The lowest BCUT2D eigenvalue weighted by Gasteiger charge is -2.09. The fourth-order valence-corrected chi connectivity index (χ4v) is 0.861. The van der Waals surface area contributed by atoms with Crippen molar-refractivity contribution in [3.05, 3.63) is 0 Å². The van der Waals surface area contributed by atoms with Crippen LogP contribution in [0, 0.1) is 0 Å². The van der Waals surface area contributed by atoms with Crippen LogP contribution in [0.4, 0.5) is 0 Å². The molecule has 1 aliphatic heterocycles. The van der Waals surface area contributed by atoms with Crippen LogP contribution in [0.25, 0.3) is 0 Å². The Hall–Kier alpha value is -0.980. The van der Waals surface area contributed by atoms with Gasteiger partial charge in [0.1, 0.15) is 6.10 Å². The fourth-order valence-electron chi connectivity index (χ4n) is 0.861. The number of hydrogen-bond donors (Lipinski definition) is 2. The second-order valence-corrected chi connectivity index (χ2v) is 2.66. The maximum absolute atomic E-state index is 10.8. The highest BCUT2D eigenvalue weighted by atomic mass is 16.6. The Labute approximate surface area is 74.1 Å². The van der Waals surface area contributed by atoms with E-state index >= 15 is 0 Å². The Morgan fingerprint density at radius 1 is 1.62 bits per heavy atom. The molecule has 2 N–H and O–H groups in total. The summed E-state index contributed by atoms with van der Waals surface area (Å²) < 4.78 is 9.03. The molecule has 2 atom stereocenters. The van der Waals surface area contributed by atoms with Gasteiger partial charge in [0.15, 0.2) is 6.10 Å². The standard InChI is InChI=1S/C7H10O6/c8-2-4(9)3-12-5-1-6(10)13-7(5)11/h4-5,8-9H,1-3H2. The summed E-state index contributed by atoms with van der Waals surface area (Å²) in [6, 6.07) is 0. The molecule has 1 fully saturated rings. The highest BCUT2D eigenvalue weighted by molar-refractivity contribution is 5.96. The summed E-state index contributed by atoms with van der Waals surface area (Å²) in [5.41, 5.74) is 0. The van der Waals surface area contributed by atoms with Crippen molar-refractivity contribution in [3.63, 3.8) is 0 Å². The van der Waals surface area contributed by atoms with Crippen molar-refractivity contribution in [1.82, 2.24) is 0 Å². The quantitative estimate of drug-likeness (QED) is 0.401. The summed E-state index contributed by atoms with van der Waals surface area (Å²) in [5, 5.41) is 17.3. The lowest BCUT2D eigenvalue weighted by molar-refractivity contribution is -0.156. The first-order valence-corrected chi connectivity index (χ1v) is 3.78. The first-order chi connectivity index (χ1) is 6.13. The van der Waals surface area contributed by atoms with Crippen molar-refractivity contribution in [2.75, 3.05) is 13.2 Å². The molecular formula is C7H10O6. The fraction of sp³-hybridized carbons (Fsp3) is 0.714. The summed E-state index contributed by atoms with van der Waals surface area (Å²) in [4.78, 5) is 21.3. The number of esters is 2. The summed E-state index contributed by atoms with van der Waals surface area (Å²) in [6.45, 7) is -0.640. The van der Waals surface area contributed by atoms with Gasteiger partial charge in [0, 0.05) is 0 Å². The lowest BCUT2D eigenvalue weighted by Crippen LogP contribution is -2.26. The van der Waals surface area contributed by atoms with Gasteiger partial charge >= 0.3 is 11.9 Å². The van der Waals surface area contributed by atoms with E-state index in [0.717, 1.165) is 0 Å². The zero-order valence-electron chi connectivity index (χ0n) is 6.80. The van der Waals surface area contributed by atoms with Crippen molar-refractivity contribution in [2.24, 2.45) is 0 Å². The minimum atomic E-state index is -1.04. The zero-order chi connectivity index (χ0) is 9.84. The summed E-state index contributed by atoms with van der Waals surface area (Å²) in [6.07, 6.45) is -2.10.